The molecule has 0 unspecified atom stereocenters. The molecule has 0 heterocycles. The van der Waals surface area contributed by atoms with Crippen LogP contribution in [0.25, 0.3) is 0 Å². The molecule has 0 aliphatic carbocycles. The highest BCUT2D eigenvalue weighted by Gasteiger charge is 2.37. The first-order chi connectivity index (χ1) is 7.18. The summed E-state index contributed by atoms with van der Waals surface area (Å²) >= 11 is 5.43. The second-order valence-electron chi connectivity index (χ2n) is 2.76. The van der Waals surface area contributed by atoms with Gasteiger partial charge < -0.3 is 0 Å². The third kappa shape index (κ3) is 2.64. The van der Waals surface area contributed by atoms with E-state index in [2.05, 4.69) is 5.84 Å². The molecule has 90 valence electrons. The van der Waals surface area contributed by atoms with Gasteiger partial charge in [0.25, 0.3) is 10.0 Å². The maximum Gasteiger partial charge on any atom is 0.417 e. The number of alkyl halides is 3. The summed E-state index contributed by atoms with van der Waals surface area (Å²) in [6.07, 6.45) is -4.80. The fourth-order valence-electron chi connectivity index (χ4n) is 1.02. The third-order valence-corrected chi connectivity index (χ3v) is 3.16. The van der Waals surface area contributed by atoms with Crippen LogP contribution in [0.5, 0.6) is 0 Å². The van der Waals surface area contributed by atoms with E-state index in [0.717, 1.165) is 6.07 Å². The number of nitrogens with one attached hydrogen (secondary N) is 1. The lowest BCUT2D eigenvalue weighted by atomic mass is 10.2. The van der Waals surface area contributed by atoms with Crippen molar-refractivity contribution < 1.29 is 21.6 Å². The van der Waals surface area contributed by atoms with Crippen molar-refractivity contribution in [3.63, 3.8) is 0 Å². The number of halogens is 4. The second kappa shape index (κ2) is 4.21. The highest BCUT2D eigenvalue weighted by atomic mass is 35.5. The molecule has 0 fully saturated rings. The van der Waals surface area contributed by atoms with Gasteiger partial charge in [0.2, 0.25) is 0 Å². The molecule has 0 atom stereocenters. The van der Waals surface area contributed by atoms with Gasteiger partial charge in [-0.25, -0.2) is 8.42 Å². The number of benzene rings is 1. The van der Waals surface area contributed by atoms with Gasteiger partial charge in [-0.1, -0.05) is 11.6 Å². The van der Waals surface area contributed by atoms with Crippen LogP contribution in [0.3, 0.4) is 0 Å². The molecule has 3 N–H and O–H groups in total. The molecule has 0 bridgehead atoms. The Labute approximate surface area is 94.2 Å². The molecule has 0 amide bonds. The number of nitrogens with two attached hydrogens (primary N) is 1. The van der Waals surface area contributed by atoms with Crippen molar-refractivity contribution >= 4 is 21.6 Å². The van der Waals surface area contributed by atoms with Crippen molar-refractivity contribution in [2.45, 2.75) is 11.1 Å². The normalized spacial score (nSPS) is 12.8. The van der Waals surface area contributed by atoms with E-state index in [4.69, 9.17) is 11.6 Å². The highest BCUT2D eigenvalue weighted by Crippen LogP contribution is 2.35. The zero-order valence-electron chi connectivity index (χ0n) is 7.55. The van der Waals surface area contributed by atoms with Crippen LogP contribution in [0.1, 0.15) is 5.56 Å². The maximum absolute atomic E-state index is 12.5. The van der Waals surface area contributed by atoms with Gasteiger partial charge in [-0.3, -0.25) is 5.84 Å². The minimum Gasteiger partial charge on any atom is -0.257 e. The number of hydrogen-bond acceptors (Lipinski definition) is 3. The van der Waals surface area contributed by atoms with Crippen molar-refractivity contribution in [2.75, 3.05) is 0 Å². The van der Waals surface area contributed by atoms with E-state index in [-0.39, 0.29) is 5.02 Å². The molecule has 0 saturated carbocycles. The van der Waals surface area contributed by atoms with Crippen molar-refractivity contribution in [3.05, 3.63) is 28.8 Å². The maximum atomic E-state index is 12.5. The predicted octanol–water partition coefficient (Wildman–Crippen LogP) is 1.51. The summed E-state index contributed by atoms with van der Waals surface area (Å²) in [4.78, 5) is 0.306. The lowest BCUT2D eigenvalue weighted by Crippen LogP contribution is -2.31. The van der Waals surface area contributed by atoms with Crippen molar-refractivity contribution in [1.82, 2.24) is 4.83 Å². The quantitative estimate of drug-likeness (QED) is 0.634. The van der Waals surface area contributed by atoms with Crippen molar-refractivity contribution in [2.24, 2.45) is 5.84 Å². The SMILES string of the molecule is NNS(=O)(=O)c1cc(Cl)ccc1C(F)(F)F. The fraction of sp³-hybridized carbons (Fsp3) is 0.143. The zero-order valence-corrected chi connectivity index (χ0v) is 9.12. The van der Waals surface area contributed by atoms with E-state index in [1.165, 1.54) is 4.83 Å². The van der Waals surface area contributed by atoms with E-state index in [0.29, 0.717) is 12.1 Å². The second-order valence-corrected chi connectivity index (χ2v) is 4.88. The first-order valence-electron chi connectivity index (χ1n) is 3.77. The summed E-state index contributed by atoms with van der Waals surface area (Å²) in [6, 6.07) is 2.20. The van der Waals surface area contributed by atoms with Crippen LogP contribution in [0.4, 0.5) is 13.2 Å². The number of sulfonamides is 1. The summed E-state index contributed by atoms with van der Waals surface area (Å²) in [7, 11) is -4.41. The summed E-state index contributed by atoms with van der Waals surface area (Å²) in [5, 5.41) is -0.137. The molecule has 0 saturated heterocycles. The number of hydrazine groups is 1. The Hall–Kier alpha value is -0.830. The molecular weight excluding hydrogens is 269 g/mol. The molecule has 0 aliphatic rings. The molecular formula is C7H6ClF3N2O2S. The number of rotatable bonds is 2. The molecule has 0 aliphatic heterocycles. The monoisotopic (exact) mass is 274 g/mol. The van der Waals surface area contributed by atoms with Crippen LogP contribution < -0.4 is 10.7 Å². The third-order valence-electron chi connectivity index (χ3n) is 1.69. The van der Waals surface area contributed by atoms with Crippen LogP contribution in [0.2, 0.25) is 5.02 Å². The fourth-order valence-corrected chi connectivity index (χ4v) is 2.14. The summed E-state index contributed by atoms with van der Waals surface area (Å²) in [5.41, 5.74) is -1.32. The van der Waals surface area contributed by atoms with E-state index in [9.17, 15) is 21.6 Å². The van der Waals surface area contributed by atoms with E-state index >= 15 is 0 Å². The van der Waals surface area contributed by atoms with E-state index in [1.54, 1.807) is 0 Å². The van der Waals surface area contributed by atoms with Gasteiger partial charge in [0.15, 0.2) is 0 Å². The molecule has 1 aromatic carbocycles. The smallest absolute Gasteiger partial charge is 0.257 e. The molecule has 1 aromatic rings. The van der Waals surface area contributed by atoms with Crippen molar-refractivity contribution in [1.29, 1.82) is 0 Å². The van der Waals surface area contributed by atoms with E-state index in [1.807, 2.05) is 0 Å². The molecule has 16 heavy (non-hydrogen) atoms. The van der Waals surface area contributed by atoms with Crippen LogP contribution in [0.15, 0.2) is 23.1 Å². The van der Waals surface area contributed by atoms with Crippen LogP contribution in [-0.2, 0) is 16.2 Å². The summed E-state index contributed by atoms with van der Waals surface area (Å²) < 4.78 is 59.9. The van der Waals surface area contributed by atoms with Crippen LogP contribution in [0, 0.1) is 0 Å². The molecule has 0 radical (unpaired) electrons. The van der Waals surface area contributed by atoms with Gasteiger partial charge in [0.05, 0.1) is 10.5 Å². The van der Waals surface area contributed by atoms with E-state index < -0.39 is 26.7 Å². The molecule has 0 aromatic heterocycles. The minimum absolute atomic E-state index is 0.137. The van der Waals surface area contributed by atoms with Crippen LogP contribution in [-0.4, -0.2) is 8.42 Å². The van der Waals surface area contributed by atoms with Crippen molar-refractivity contribution in [3.8, 4) is 0 Å². The van der Waals surface area contributed by atoms with Gasteiger partial charge in [0.1, 0.15) is 0 Å². The van der Waals surface area contributed by atoms with Gasteiger partial charge in [-0.15, -0.1) is 0 Å². The molecule has 9 heteroatoms. The first-order valence-corrected chi connectivity index (χ1v) is 5.64. The molecule has 0 spiro atoms. The highest BCUT2D eigenvalue weighted by molar-refractivity contribution is 7.89. The summed E-state index contributed by atoms with van der Waals surface area (Å²) in [5.74, 6) is 4.65. The Morgan fingerprint density at radius 2 is 1.88 bits per heavy atom. The summed E-state index contributed by atoms with van der Waals surface area (Å²) in [6.45, 7) is 0. The first kappa shape index (κ1) is 13.2. The standard InChI is InChI=1S/C7H6ClF3N2O2S/c8-4-1-2-5(7(9,10)11)6(3-4)16(14,15)13-12/h1-3,13H,12H2. The Kier molecular flexibility index (Phi) is 3.48. The van der Waals surface area contributed by atoms with Gasteiger partial charge >= 0.3 is 6.18 Å². The molecule has 1 rings (SSSR count). The largest absolute Gasteiger partial charge is 0.417 e. The Morgan fingerprint density at radius 1 is 1.31 bits per heavy atom. The average Bonchev–Trinajstić information content (AvgIpc) is 2.15. The average molecular weight is 275 g/mol. The zero-order chi connectivity index (χ0) is 12.6. The lowest BCUT2D eigenvalue weighted by Gasteiger charge is -2.12. The van der Waals surface area contributed by atoms with Gasteiger partial charge in [0, 0.05) is 5.02 Å². The minimum atomic E-state index is -4.80. The predicted molar refractivity (Wildman–Crippen MR) is 51.0 cm³/mol. The number of hydrogen-bond donors (Lipinski definition) is 2. The Balaban J connectivity index is 3.54. The molecule has 4 nitrogen and oxygen atoms in total. The van der Waals surface area contributed by atoms with Gasteiger partial charge in [-0.05, 0) is 18.2 Å². The Bertz CT molecular complexity index is 501. The van der Waals surface area contributed by atoms with Gasteiger partial charge in [-0.2, -0.15) is 18.0 Å². The Morgan fingerprint density at radius 3 is 2.31 bits per heavy atom. The lowest BCUT2D eigenvalue weighted by molar-refractivity contribution is -0.139. The topological polar surface area (TPSA) is 72.2 Å². The van der Waals surface area contributed by atoms with Crippen LogP contribution >= 0.6 is 11.6 Å².